The largest absolute Gasteiger partial charge is 0.303 e. The van der Waals surface area contributed by atoms with Gasteiger partial charge in [0, 0.05) is 18.1 Å². The Morgan fingerprint density at radius 1 is 1.21 bits per heavy atom. The summed E-state index contributed by atoms with van der Waals surface area (Å²) in [5.74, 6) is 0.730. The molecule has 0 saturated carbocycles. The Kier molecular flexibility index (Phi) is 4.97. The number of nitrogens with zero attached hydrogens (tertiary/aromatic N) is 2. The van der Waals surface area contributed by atoms with Crippen LogP contribution in [-0.2, 0) is 13.1 Å². The van der Waals surface area contributed by atoms with Crippen molar-refractivity contribution in [2.75, 3.05) is 0 Å². The summed E-state index contributed by atoms with van der Waals surface area (Å²) in [6.07, 6.45) is 0. The molecule has 2 aromatic carbocycles. The minimum Gasteiger partial charge on any atom is -0.303 e. The highest BCUT2D eigenvalue weighted by Gasteiger charge is 2.15. The summed E-state index contributed by atoms with van der Waals surface area (Å²) in [5, 5.41) is 4.62. The van der Waals surface area contributed by atoms with Crippen molar-refractivity contribution in [1.29, 1.82) is 0 Å². The molecule has 1 heterocycles. The van der Waals surface area contributed by atoms with Gasteiger partial charge in [-0.25, -0.2) is 4.98 Å². The first kappa shape index (κ1) is 16.7. The summed E-state index contributed by atoms with van der Waals surface area (Å²) in [7, 11) is 0. The van der Waals surface area contributed by atoms with Crippen LogP contribution in [0.5, 0.6) is 0 Å². The molecule has 1 N–H and O–H groups in total. The summed E-state index contributed by atoms with van der Waals surface area (Å²) in [6.45, 7) is 5.28. The summed E-state index contributed by atoms with van der Waals surface area (Å²) in [4.78, 5) is 17.4. The van der Waals surface area contributed by atoms with Crippen molar-refractivity contribution in [2.24, 2.45) is 0 Å². The van der Waals surface area contributed by atoms with Crippen LogP contribution in [0.1, 0.15) is 31.3 Å². The van der Waals surface area contributed by atoms with Gasteiger partial charge in [0.05, 0.1) is 16.9 Å². The van der Waals surface area contributed by atoms with Crippen molar-refractivity contribution in [3.63, 3.8) is 0 Å². The van der Waals surface area contributed by atoms with E-state index in [1.54, 1.807) is 22.8 Å². The Morgan fingerprint density at radius 2 is 1.96 bits per heavy atom. The van der Waals surface area contributed by atoms with Crippen LogP contribution in [0.3, 0.4) is 0 Å². The molecule has 0 aliphatic heterocycles. The van der Waals surface area contributed by atoms with Crippen molar-refractivity contribution in [3.05, 3.63) is 75.3 Å². The second kappa shape index (κ2) is 7.16. The van der Waals surface area contributed by atoms with E-state index in [2.05, 4.69) is 17.4 Å². The average molecular weight is 342 g/mol. The molecular weight excluding hydrogens is 322 g/mol. The molecule has 0 fully saturated rings. The lowest BCUT2D eigenvalue weighted by atomic mass is 10.2. The Hall–Kier alpha value is -2.17. The highest BCUT2D eigenvalue weighted by atomic mass is 35.5. The number of benzene rings is 2. The van der Waals surface area contributed by atoms with Crippen molar-refractivity contribution in [3.8, 4) is 0 Å². The number of nitrogens with one attached hydrogen (secondary N) is 1. The summed E-state index contributed by atoms with van der Waals surface area (Å²) in [6, 6.07) is 15.3. The fourth-order valence-corrected chi connectivity index (χ4v) is 2.97. The lowest BCUT2D eigenvalue weighted by Crippen LogP contribution is -2.30. The summed E-state index contributed by atoms with van der Waals surface area (Å²) in [5.41, 5.74) is 1.81. The fourth-order valence-electron chi connectivity index (χ4n) is 2.81. The third-order valence-corrected chi connectivity index (χ3v) is 4.34. The van der Waals surface area contributed by atoms with E-state index >= 15 is 0 Å². The van der Waals surface area contributed by atoms with Gasteiger partial charge in [-0.05, 0) is 37.6 Å². The third-order valence-electron chi connectivity index (χ3n) is 4.11. The molecule has 1 unspecified atom stereocenters. The molecule has 1 aromatic heterocycles. The van der Waals surface area contributed by atoms with Gasteiger partial charge in [-0.1, -0.05) is 41.9 Å². The Bertz CT molecular complexity index is 906. The van der Waals surface area contributed by atoms with Crippen molar-refractivity contribution in [1.82, 2.24) is 14.9 Å². The summed E-state index contributed by atoms with van der Waals surface area (Å²) < 4.78 is 1.72. The van der Waals surface area contributed by atoms with E-state index in [9.17, 15) is 4.79 Å². The molecular formula is C19H20ClN3O. The topological polar surface area (TPSA) is 46.9 Å². The average Bonchev–Trinajstić information content (AvgIpc) is 2.60. The van der Waals surface area contributed by atoms with E-state index in [4.69, 9.17) is 16.6 Å². The first-order valence-electron chi connectivity index (χ1n) is 8.07. The van der Waals surface area contributed by atoms with E-state index in [0.717, 1.165) is 12.4 Å². The van der Waals surface area contributed by atoms with Crippen molar-refractivity contribution in [2.45, 2.75) is 33.0 Å². The van der Waals surface area contributed by atoms with Gasteiger partial charge < -0.3 is 5.32 Å². The standard InChI is InChI=1S/C19H20ClN3O/c1-3-23-18(13(2)21-12-14-7-5-4-6-8-14)22-17-11-15(20)9-10-16(17)19(23)24/h4-11,13,21H,3,12H2,1-2H3. The smallest absolute Gasteiger partial charge is 0.261 e. The lowest BCUT2D eigenvalue weighted by molar-refractivity contribution is 0.504. The van der Waals surface area contributed by atoms with E-state index in [0.29, 0.717) is 22.5 Å². The quantitative estimate of drug-likeness (QED) is 0.765. The van der Waals surface area contributed by atoms with Crippen LogP contribution in [0.15, 0.2) is 53.3 Å². The summed E-state index contributed by atoms with van der Waals surface area (Å²) >= 11 is 6.05. The zero-order valence-electron chi connectivity index (χ0n) is 13.8. The molecule has 1 atom stereocenters. The molecule has 24 heavy (non-hydrogen) atoms. The van der Waals surface area contributed by atoms with Crippen LogP contribution in [0, 0.1) is 0 Å². The minimum atomic E-state index is -0.0544. The van der Waals surface area contributed by atoms with E-state index in [-0.39, 0.29) is 11.6 Å². The molecule has 0 bridgehead atoms. The van der Waals surface area contributed by atoms with Gasteiger partial charge in [0.2, 0.25) is 0 Å². The van der Waals surface area contributed by atoms with Crippen molar-refractivity contribution >= 4 is 22.5 Å². The second-order valence-electron chi connectivity index (χ2n) is 5.77. The SMILES string of the molecule is CCn1c(C(C)NCc2ccccc2)nc2cc(Cl)ccc2c1=O. The number of hydrogen-bond acceptors (Lipinski definition) is 3. The molecule has 3 aromatic rings. The maximum atomic E-state index is 12.7. The van der Waals surface area contributed by atoms with Gasteiger partial charge in [0.25, 0.3) is 5.56 Å². The predicted octanol–water partition coefficient (Wildman–Crippen LogP) is 3.92. The second-order valence-corrected chi connectivity index (χ2v) is 6.21. The molecule has 0 radical (unpaired) electrons. The fraction of sp³-hybridized carbons (Fsp3) is 0.263. The van der Waals surface area contributed by atoms with Gasteiger partial charge in [0.15, 0.2) is 0 Å². The third kappa shape index (κ3) is 3.35. The van der Waals surface area contributed by atoms with Crippen LogP contribution in [0.2, 0.25) is 5.02 Å². The molecule has 0 aliphatic rings. The Labute approximate surface area is 146 Å². The van der Waals surface area contributed by atoms with Crippen molar-refractivity contribution < 1.29 is 0 Å². The molecule has 4 nitrogen and oxygen atoms in total. The maximum Gasteiger partial charge on any atom is 0.261 e. The van der Waals surface area contributed by atoms with Gasteiger partial charge >= 0.3 is 0 Å². The maximum absolute atomic E-state index is 12.7. The van der Waals surface area contributed by atoms with Gasteiger partial charge in [-0.3, -0.25) is 9.36 Å². The molecule has 0 spiro atoms. The first-order chi connectivity index (χ1) is 11.6. The number of fused-ring (bicyclic) bond motifs is 1. The van der Waals surface area contributed by atoms with Crippen LogP contribution in [0.25, 0.3) is 10.9 Å². The van der Waals surface area contributed by atoms with Crippen LogP contribution >= 0.6 is 11.6 Å². The molecule has 0 aliphatic carbocycles. The van der Waals surface area contributed by atoms with E-state index in [1.807, 2.05) is 32.0 Å². The highest BCUT2D eigenvalue weighted by molar-refractivity contribution is 6.31. The molecule has 0 saturated heterocycles. The number of aromatic nitrogens is 2. The zero-order chi connectivity index (χ0) is 17.1. The van der Waals surface area contributed by atoms with E-state index in [1.165, 1.54) is 5.56 Å². The normalized spacial score (nSPS) is 12.5. The number of hydrogen-bond donors (Lipinski definition) is 1. The Balaban J connectivity index is 1.96. The van der Waals surface area contributed by atoms with Crippen LogP contribution in [-0.4, -0.2) is 9.55 Å². The lowest BCUT2D eigenvalue weighted by Gasteiger charge is -2.19. The molecule has 3 rings (SSSR count). The van der Waals surface area contributed by atoms with Gasteiger partial charge in [-0.2, -0.15) is 0 Å². The molecule has 5 heteroatoms. The number of rotatable bonds is 5. The number of halogens is 1. The van der Waals surface area contributed by atoms with Crippen LogP contribution in [0.4, 0.5) is 0 Å². The monoisotopic (exact) mass is 341 g/mol. The minimum absolute atomic E-state index is 0.0254. The molecule has 0 amide bonds. The zero-order valence-corrected chi connectivity index (χ0v) is 14.5. The molecule has 124 valence electrons. The van der Waals surface area contributed by atoms with Crippen LogP contribution < -0.4 is 10.9 Å². The highest BCUT2D eigenvalue weighted by Crippen LogP contribution is 2.18. The van der Waals surface area contributed by atoms with E-state index < -0.39 is 0 Å². The van der Waals surface area contributed by atoms with Gasteiger partial charge in [0.1, 0.15) is 5.82 Å². The predicted molar refractivity (Wildman–Crippen MR) is 98.4 cm³/mol. The van der Waals surface area contributed by atoms with Gasteiger partial charge in [-0.15, -0.1) is 0 Å². The Morgan fingerprint density at radius 3 is 2.67 bits per heavy atom. The first-order valence-corrected chi connectivity index (χ1v) is 8.45.